The molecular weight excluding hydrogens is 204 g/mol. The number of aliphatic hydroxyl groups is 5. The molecule has 0 spiro atoms. The van der Waals surface area contributed by atoms with Crippen molar-refractivity contribution in [2.75, 3.05) is 13.2 Å². The highest BCUT2D eigenvalue weighted by atomic mass is 16.5. The molecule has 15 heavy (non-hydrogen) atoms. The highest BCUT2D eigenvalue weighted by Crippen LogP contribution is 2.23. The van der Waals surface area contributed by atoms with E-state index in [4.69, 9.17) is 14.9 Å². The van der Waals surface area contributed by atoms with Crippen molar-refractivity contribution in [3.8, 4) is 0 Å². The van der Waals surface area contributed by atoms with Crippen LogP contribution in [0.5, 0.6) is 0 Å². The lowest BCUT2D eigenvalue weighted by Crippen LogP contribution is -2.58. The van der Waals surface area contributed by atoms with Crippen LogP contribution in [0.15, 0.2) is 0 Å². The van der Waals surface area contributed by atoms with E-state index in [2.05, 4.69) is 0 Å². The van der Waals surface area contributed by atoms with Crippen LogP contribution in [0, 0.1) is 0 Å². The van der Waals surface area contributed by atoms with Crippen LogP contribution in [0.2, 0.25) is 0 Å². The van der Waals surface area contributed by atoms with E-state index in [0.29, 0.717) is 12.8 Å². The first-order valence-corrected chi connectivity index (χ1v) is 5.03. The fourth-order valence-corrected chi connectivity index (χ4v) is 1.71. The fraction of sp³-hybridized carbons (Fsp3) is 1.00. The predicted octanol–water partition coefficient (Wildman–Crippen LogP) is -2.40. The van der Waals surface area contributed by atoms with Crippen molar-refractivity contribution in [3.05, 3.63) is 0 Å². The average Bonchev–Trinajstić information content (AvgIpc) is 2.25. The van der Waals surface area contributed by atoms with Crippen molar-refractivity contribution < 1.29 is 30.3 Å². The van der Waals surface area contributed by atoms with Gasteiger partial charge in [-0.1, -0.05) is 0 Å². The Kier molecular flexibility index (Phi) is 4.91. The van der Waals surface area contributed by atoms with E-state index in [1.165, 1.54) is 0 Å². The normalized spacial score (nSPS) is 41.8. The minimum absolute atomic E-state index is 0.0327. The molecule has 1 fully saturated rings. The van der Waals surface area contributed by atoms with Crippen molar-refractivity contribution >= 4 is 0 Å². The van der Waals surface area contributed by atoms with Crippen molar-refractivity contribution in [1.82, 2.24) is 0 Å². The lowest BCUT2D eigenvalue weighted by atomic mass is 9.93. The minimum atomic E-state index is -1.32. The number of hydrogen-bond donors (Lipinski definition) is 5. The number of ether oxygens (including phenoxy) is 1. The second-order valence-corrected chi connectivity index (χ2v) is 3.73. The molecule has 0 radical (unpaired) electrons. The summed E-state index contributed by atoms with van der Waals surface area (Å²) in [5, 5.41) is 45.9. The van der Waals surface area contributed by atoms with Crippen LogP contribution in [-0.2, 0) is 4.74 Å². The van der Waals surface area contributed by atoms with Crippen LogP contribution < -0.4 is 0 Å². The maximum absolute atomic E-state index is 9.55. The zero-order valence-corrected chi connectivity index (χ0v) is 8.36. The molecular formula is C9H18O6. The first kappa shape index (κ1) is 12.8. The first-order valence-electron chi connectivity index (χ1n) is 5.03. The number of hydrogen-bond acceptors (Lipinski definition) is 6. The van der Waals surface area contributed by atoms with E-state index in [1.54, 1.807) is 0 Å². The van der Waals surface area contributed by atoms with E-state index in [-0.39, 0.29) is 6.61 Å². The summed E-state index contributed by atoms with van der Waals surface area (Å²) in [6.45, 7) is -0.449. The Morgan fingerprint density at radius 2 is 1.47 bits per heavy atom. The summed E-state index contributed by atoms with van der Waals surface area (Å²) in [5.41, 5.74) is 0. The highest BCUT2D eigenvalue weighted by molar-refractivity contribution is 4.91. The van der Waals surface area contributed by atoms with E-state index >= 15 is 0 Å². The van der Waals surface area contributed by atoms with E-state index in [0.717, 1.165) is 0 Å². The molecule has 6 nitrogen and oxygen atoms in total. The molecule has 0 aromatic carbocycles. The van der Waals surface area contributed by atoms with Crippen LogP contribution in [0.3, 0.4) is 0 Å². The van der Waals surface area contributed by atoms with Gasteiger partial charge in [0.05, 0.1) is 12.7 Å². The molecule has 1 aliphatic heterocycles. The Labute approximate surface area is 87.7 Å². The van der Waals surface area contributed by atoms with Gasteiger partial charge in [0.25, 0.3) is 0 Å². The molecule has 0 amide bonds. The summed E-state index contributed by atoms with van der Waals surface area (Å²) in [6, 6.07) is 0. The van der Waals surface area contributed by atoms with Gasteiger partial charge in [0.1, 0.15) is 24.4 Å². The summed E-state index contributed by atoms with van der Waals surface area (Å²) in [7, 11) is 0. The fourth-order valence-electron chi connectivity index (χ4n) is 1.71. The van der Waals surface area contributed by atoms with Gasteiger partial charge in [-0.15, -0.1) is 0 Å². The van der Waals surface area contributed by atoms with Crippen molar-refractivity contribution in [1.29, 1.82) is 0 Å². The van der Waals surface area contributed by atoms with Gasteiger partial charge in [0.15, 0.2) is 0 Å². The van der Waals surface area contributed by atoms with Crippen LogP contribution in [0.4, 0.5) is 0 Å². The zero-order chi connectivity index (χ0) is 11.4. The Hall–Kier alpha value is -0.240. The Bertz CT molecular complexity index is 185. The number of aliphatic hydroxyl groups excluding tert-OH is 5. The second-order valence-electron chi connectivity index (χ2n) is 3.73. The average molecular weight is 222 g/mol. The molecule has 1 saturated heterocycles. The summed E-state index contributed by atoms with van der Waals surface area (Å²) in [4.78, 5) is 0. The molecule has 1 aliphatic rings. The van der Waals surface area contributed by atoms with Gasteiger partial charge in [-0.05, 0) is 12.8 Å². The third-order valence-corrected chi connectivity index (χ3v) is 2.64. The maximum Gasteiger partial charge on any atom is 0.111 e. The van der Waals surface area contributed by atoms with Gasteiger partial charge in [-0.25, -0.2) is 0 Å². The maximum atomic E-state index is 9.55. The molecule has 90 valence electrons. The lowest BCUT2D eigenvalue weighted by molar-refractivity contribution is -0.230. The van der Waals surface area contributed by atoms with Gasteiger partial charge in [-0.3, -0.25) is 0 Å². The van der Waals surface area contributed by atoms with E-state index in [1.807, 2.05) is 0 Å². The molecule has 5 atom stereocenters. The van der Waals surface area contributed by atoms with E-state index in [9.17, 15) is 15.3 Å². The summed E-state index contributed by atoms with van der Waals surface area (Å²) in [6.07, 6.45) is -4.52. The molecule has 0 aliphatic carbocycles. The Balaban J connectivity index is 2.57. The SMILES string of the molecule is OCCCC1OC(CO)C(O)C(O)C1O. The predicted molar refractivity (Wildman–Crippen MR) is 50.1 cm³/mol. The molecule has 0 bridgehead atoms. The molecule has 0 saturated carbocycles. The quantitative estimate of drug-likeness (QED) is 0.363. The van der Waals surface area contributed by atoms with Crippen molar-refractivity contribution in [2.24, 2.45) is 0 Å². The third-order valence-electron chi connectivity index (χ3n) is 2.64. The van der Waals surface area contributed by atoms with Crippen LogP contribution in [0.25, 0.3) is 0 Å². The van der Waals surface area contributed by atoms with Gasteiger partial charge in [0.2, 0.25) is 0 Å². The largest absolute Gasteiger partial charge is 0.396 e. The van der Waals surface area contributed by atoms with Gasteiger partial charge in [0, 0.05) is 6.61 Å². The topological polar surface area (TPSA) is 110 Å². The molecule has 1 rings (SSSR count). The summed E-state index contributed by atoms with van der Waals surface area (Å²) >= 11 is 0. The first-order chi connectivity index (χ1) is 7.11. The van der Waals surface area contributed by atoms with Crippen LogP contribution in [0.1, 0.15) is 12.8 Å². The number of rotatable bonds is 4. The second kappa shape index (κ2) is 5.74. The Morgan fingerprint density at radius 3 is 2.00 bits per heavy atom. The zero-order valence-electron chi connectivity index (χ0n) is 8.36. The third kappa shape index (κ3) is 2.87. The summed E-state index contributed by atoms with van der Waals surface area (Å²) < 4.78 is 5.21. The van der Waals surface area contributed by atoms with Gasteiger partial charge >= 0.3 is 0 Å². The van der Waals surface area contributed by atoms with Crippen LogP contribution >= 0.6 is 0 Å². The molecule has 5 unspecified atom stereocenters. The lowest BCUT2D eigenvalue weighted by Gasteiger charge is -2.40. The van der Waals surface area contributed by atoms with Crippen molar-refractivity contribution in [3.63, 3.8) is 0 Å². The Morgan fingerprint density at radius 1 is 0.867 bits per heavy atom. The minimum Gasteiger partial charge on any atom is -0.396 e. The van der Waals surface area contributed by atoms with E-state index < -0.39 is 37.1 Å². The van der Waals surface area contributed by atoms with Crippen molar-refractivity contribution in [2.45, 2.75) is 43.4 Å². The molecule has 1 heterocycles. The molecule has 0 aromatic heterocycles. The monoisotopic (exact) mass is 222 g/mol. The van der Waals surface area contributed by atoms with Gasteiger partial charge < -0.3 is 30.3 Å². The molecule has 5 N–H and O–H groups in total. The van der Waals surface area contributed by atoms with Crippen LogP contribution in [-0.4, -0.2) is 69.3 Å². The standard InChI is InChI=1S/C9H18O6/c10-3-1-2-5-7(12)9(14)8(13)6(4-11)15-5/h5-14H,1-4H2. The molecule has 6 heteroatoms. The summed E-state index contributed by atoms with van der Waals surface area (Å²) in [5.74, 6) is 0. The molecule has 0 aromatic rings. The highest BCUT2D eigenvalue weighted by Gasteiger charge is 2.42. The smallest absolute Gasteiger partial charge is 0.111 e. The van der Waals surface area contributed by atoms with Gasteiger partial charge in [-0.2, -0.15) is 0 Å².